The van der Waals surface area contributed by atoms with E-state index in [1.165, 1.54) is 13.0 Å². The summed E-state index contributed by atoms with van der Waals surface area (Å²) in [5.41, 5.74) is 5.50. The van der Waals surface area contributed by atoms with Crippen molar-refractivity contribution in [2.45, 2.75) is 36.0 Å². The van der Waals surface area contributed by atoms with E-state index in [0.717, 1.165) is 25.0 Å². The lowest BCUT2D eigenvalue weighted by Gasteiger charge is -2.13. The predicted octanol–water partition coefficient (Wildman–Crippen LogP) is 0.849. The predicted molar refractivity (Wildman–Crippen MR) is 68.6 cm³/mol. The van der Waals surface area contributed by atoms with Crippen molar-refractivity contribution < 1.29 is 17.6 Å². The Morgan fingerprint density at radius 2 is 2.11 bits per heavy atom. The van der Waals surface area contributed by atoms with Gasteiger partial charge >= 0.3 is 0 Å². The molecule has 0 bridgehead atoms. The number of hydrogen-bond donors (Lipinski definition) is 2. The third-order valence-electron chi connectivity index (χ3n) is 3.02. The minimum atomic E-state index is -4.05. The summed E-state index contributed by atoms with van der Waals surface area (Å²) >= 11 is 0. The molecule has 0 saturated heterocycles. The molecule has 1 fully saturated rings. The molecular formula is C12H15FN2O3S. The van der Waals surface area contributed by atoms with Crippen molar-refractivity contribution in [2.24, 2.45) is 0 Å². The summed E-state index contributed by atoms with van der Waals surface area (Å²) in [6.45, 7) is 1.25. The molecule has 7 heteroatoms. The molecule has 1 aliphatic rings. The Bertz CT molecular complexity index is 611. The largest absolute Gasteiger partial charge is 0.399 e. The van der Waals surface area contributed by atoms with E-state index in [9.17, 15) is 17.6 Å². The number of carbonyl (C=O) groups excluding carboxylic acids is 1. The number of nitrogens with one attached hydrogen (secondary N) is 1. The molecule has 5 nitrogen and oxygen atoms in total. The average Bonchev–Trinajstić information content (AvgIpc) is 3.11. The Morgan fingerprint density at radius 3 is 2.63 bits per heavy atom. The molecule has 1 saturated carbocycles. The SMILES string of the molecule is CC(C(=O)NC1CC1)S(=O)(=O)c1ccc(N)cc1F. The Labute approximate surface area is 110 Å². The van der Waals surface area contributed by atoms with Crippen LogP contribution in [0.1, 0.15) is 19.8 Å². The van der Waals surface area contributed by atoms with Crippen LogP contribution in [-0.2, 0) is 14.6 Å². The van der Waals surface area contributed by atoms with Gasteiger partial charge in [-0.05, 0) is 38.0 Å². The van der Waals surface area contributed by atoms with Crippen LogP contribution < -0.4 is 11.1 Å². The number of halogens is 1. The van der Waals surface area contributed by atoms with Crippen LogP contribution >= 0.6 is 0 Å². The Kier molecular flexibility index (Phi) is 3.49. The average molecular weight is 286 g/mol. The van der Waals surface area contributed by atoms with E-state index < -0.39 is 31.7 Å². The first-order valence-corrected chi connectivity index (χ1v) is 7.46. The molecule has 1 atom stereocenters. The van der Waals surface area contributed by atoms with Crippen molar-refractivity contribution in [1.82, 2.24) is 5.32 Å². The molecule has 0 aliphatic heterocycles. The van der Waals surface area contributed by atoms with E-state index in [1.807, 2.05) is 0 Å². The second-order valence-corrected chi connectivity index (χ2v) is 6.90. The third-order valence-corrected chi connectivity index (χ3v) is 5.11. The van der Waals surface area contributed by atoms with E-state index in [4.69, 9.17) is 5.73 Å². The number of sulfone groups is 1. The van der Waals surface area contributed by atoms with Crippen molar-refractivity contribution in [2.75, 3.05) is 5.73 Å². The lowest BCUT2D eigenvalue weighted by molar-refractivity contribution is -0.120. The smallest absolute Gasteiger partial charge is 0.238 e. The number of carbonyl (C=O) groups is 1. The Morgan fingerprint density at radius 1 is 1.47 bits per heavy atom. The number of nitrogen functional groups attached to an aromatic ring is 1. The van der Waals surface area contributed by atoms with Gasteiger partial charge in [0.2, 0.25) is 5.91 Å². The molecule has 0 spiro atoms. The highest BCUT2D eigenvalue weighted by atomic mass is 32.2. The molecule has 1 aromatic carbocycles. The molecule has 0 radical (unpaired) electrons. The highest BCUT2D eigenvalue weighted by Crippen LogP contribution is 2.23. The maximum Gasteiger partial charge on any atom is 0.238 e. The minimum absolute atomic E-state index is 0.0569. The van der Waals surface area contributed by atoms with Gasteiger partial charge in [0, 0.05) is 11.7 Å². The lowest BCUT2D eigenvalue weighted by Crippen LogP contribution is -2.39. The van der Waals surface area contributed by atoms with Gasteiger partial charge in [-0.25, -0.2) is 12.8 Å². The lowest BCUT2D eigenvalue weighted by atomic mass is 10.3. The normalized spacial score (nSPS) is 16.9. The van der Waals surface area contributed by atoms with Gasteiger partial charge in [-0.3, -0.25) is 4.79 Å². The van der Waals surface area contributed by atoms with Gasteiger partial charge in [-0.1, -0.05) is 0 Å². The zero-order valence-electron chi connectivity index (χ0n) is 10.4. The van der Waals surface area contributed by atoms with Gasteiger partial charge in [-0.2, -0.15) is 0 Å². The van der Waals surface area contributed by atoms with Gasteiger partial charge < -0.3 is 11.1 Å². The van der Waals surface area contributed by atoms with Crippen LogP contribution in [0.4, 0.5) is 10.1 Å². The Balaban J connectivity index is 2.27. The van der Waals surface area contributed by atoms with Gasteiger partial charge in [-0.15, -0.1) is 0 Å². The highest BCUT2D eigenvalue weighted by Gasteiger charge is 2.34. The summed E-state index contributed by atoms with van der Waals surface area (Å²) in [6, 6.07) is 3.36. The summed E-state index contributed by atoms with van der Waals surface area (Å²) in [4.78, 5) is 11.3. The van der Waals surface area contributed by atoms with Crippen molar-refractivity contribution in [3.05, 3.63) is 24.0 Å². The molecule has 104 valence electrons. The van der Waals surface area contributed by atoms with Crippen molar-refractivity contribution in [3.8, 4) is 0 Å². The number of hydrogen-bond acceptors (Lipinski definition) is 4. The van der Waals surface area contributed by atoms with Crippen molar-refractivity contribution in [3.63, 3.8) is 0 Å². The number of anilines is 1. The maximum atomic E-state index is 13.7. The fourth-order valence-corrected chi connectivity index (χ4v) is 2.94. The Hall–Kier alpha value is -1.63. The van der Waals surface area contributed by atoms with Gasteiger partial charge in [0.1, 0.15) is 16.0 Å². The highest BCUT2D eigenvalue weighted by molar-refractivity contribution is 7.92. The number of benzene rings is 1. The van der Waals surface area contributed by atoms with E-state index in [2.05, 4.69) is 5.32 Å². The quantitative estimate of drug-likeness (QED) is 0.803. The van der Waals surface area contributed by atoms with Crippen LogP contribution in [0.5, 0.6) is 0 Å². The second-order valence-electron chi connectivity index (χ2n) is 4.66. The third kappa shape index (κ3) is 2.86. The van der Waals surface area contributed by atoms with E-state index in [-0.39, 0.29) is 11.7 Å². The molecule has 0 heterocycles. The van der Waals surface area contributed by atoms with Crippen molar-refractivity contribution in [1.29, 1.82) is 0 Å². The second kappa shape index (κ2) is 4.80. The number of rotatable bonds is 4. The van der Waals surface area contributed by atoms with Crippen LogP contribution in [-0.4, -0.2) is 25.6 Å². The number of nitrogens with two attached hydrogens (primary N) is 1. The molecule has 1 aliphatic carbocycles. The fraction of sp³-hybridized carbons (Fsp3) is 0.417. The van der Waals surface area contributed by atoms with Gasteiger partial charge in [0.25, 0.3) is 0 Å². The first-order valence-electron chi connectivity index (χ1n) is 5.91. The molecule has 1 aromatic rings. The number of amides is 1. The molecule has 1 unspecified atom stereocenters. The van der Waals surface area contributed by atoms with E-state index >= 15 is 0 Å². The molecule has 1 amide bonds. The van der Waals surface area contributed by atoms with Crippen LogP contribution in [0.2, 0.25) is 0 Å². The topological polar surface area (TPSA) is 89.3 Å². The fourth-order valence-electron chi connectivity index (χ4n) is 1.63. The standard InChI is InChI=1S/C12H15FN2O3S/c1-7(12(16)15-9-3-4-9)19(17,18)11-5-2-8(14)6-10(11)13/h2,5-7,9H,3-4,14H2,1H3,(H,15,16). The molecular weight excluding hydrogens is 271 g/mol. The monoisotopic (exact) mass is 286 g/mol. The summed E-state index contributed by atoms with van der Waals surface area (Å²) in [7, 11) is -4.05. The minimum Gasteiger partial charge on any atom is -0.399 e. The van der Waals surface area contributed by atoms with Crippen LogP contribution in [0, 0.1) is 5.82 Å². The first kappa shape index (κ1) is 13.8. The van der Waals surface area contributed by atoms with Gasteiger partial charge in [0.05, 0.1) is 0 Å². The summed E-state index contributed by atoms with van der Waals surface area (Å²) < 4.78 is 38.0. The van der Waals surface area contributed by atoms with Crippen molar-refractivity contribution >= 4 is 21.4 Å². The van der Waals surface area contributed by atoms with Crippen LogP contribution in [0.25, 0.3) is 0 Å². The van der Waals surface area contributed by atoms with E-state index in [0.29, 0.717) is 0 Å². The molecule has 2 rings (SSSR count). The first-order chi connectivity index (χ1) is 8.82. The summed E-state index contributed by atoms with van der Waals surface area (Å²) in [6.07, 6.45) is 1.71. The molecule has 19 heavy (non-hydrogen) atoms. The van der Waals surface area contributed by atoms with E-state index in [1.54, 1.807) is 0 Å². The van der Waals surface area contributed by atoms with Crippen LogP contribution in [0.15, 0.2) is 23.1 Å². The zero-order valence-corrected chi connectivity index (χ0v) is 11.2. The molecule has 3 N–H and O–H groups in total. The van der Waals surface area contributed by atoms with Gasteiger partial charge in [0.15, 0.2) is 9.84 Å². The zero-order chi connectivity index (χ0) is 14.2. The summed E-state index contributed by atoms with van der Waals surface area (Å²) in [5.74, 6) is -1.54. The molecule has 0 aromatic heterocycles. The maximum absolute atomic E-state index is 13.7. The summed E-state index contributed by atoms with van der Waals surface area (Å²) in [5, 5.41) is 1.27. The van der Waals surface area contributed by atoms with Crippen LogP contribution in [0.3, 0.4) is 0 Å².